The molecule has 0 saturated carbocycles. The molecule has 1 aromatic rings. The van der Waals surface area contributed by atoms with E-state index in [0.29, 0.717) is 0 Å². The van der Waals surface area contributed by atoms with E-state index in [0.717, 1.165) is 0 Å². The summed E-state index contributed by atoms with van der Waals surface area (Å²) in [5.41, 5.74) is -0.00935. The first-order chi connectivity index (χ1) is 7.91. The molecular weight excluding hydrogens is 228 g/mol. The lowest BCUT2D eigenvalue weighted by atomic mass is 10.0. The molecule has 0 radical (unpaired) electrons. The Morgan fingerprint density at radius 2 is 1.65 bits per heavy atom. The fraction of sp³-hybridized carbons (Fsp3) is 0.571. The maximum absolute atomic E-state index is 10.3. The van der Waals surface area contributed by atoms with Gasteiger partial charge in [-0.05, 0) is 5.92 Å². The van der Waals surface area contributed by atoms with Crippen LogP contribution in [0.1, 0.15) is 13.8 Å². The van der Waals surface area contributed by atoms with E-state index < -0.39 is 14.2 Å². The van der Waals surface area contributed by atoms with E-state index in [1.54, 1.807) is 0 Å². The molecule has 0 amide bonds. The van der Waals surface area contributed by atoms with Crippen molar-refractivity contribution >= 4 is 13.3 Å². The standard InChI is InChI=1S/C14H24O2Si/c1-11(2)14(16)13(10-15)17(3,4)12-8-6-5-7-9-12/h5-9,11,13-16H,10H2,1-4H3/t13-,14+/m0/s1. The lowest BCUT2D eigenvalue weighted by Crippen LogP contribution is -2.52. The Labute approximate surface area is 105 Å². The monoisotopic (exact) mass is 252 g/mol. The molecule has 0 fully saturated rings. The molecule has 0 aromatic heterocycles. The summed E-state index contributed by atoms with van der Waals surface area (Å²) in [6.07, 6.45) is -0.429. The Morgan fingerprint density at radius 1 is 1.12 bits per heavy atom. The van der Waals surface area contributed by atoms with E-state index in [4.69, 9.17) is 0 Å². The van der Waals surface area contributed by atoms with Crippen LogP contribution in [0, 0.1) is 5.92 Å². The molecule has 0 heterocycles. The van der Waals surface area contributed by atoms with Crippen LogP contribution >= 0.6 is 0 Å². The van der Waals surface area contributed by atoms with Crippen LogP contribution in [-0.2, 0) is 0 Å². The van der Waals surface area contributed by atoms with Crippen molar-refractivity contribution in [2.24, 2.45) is 5.92 Å². The molecule has 0 aliphatic rings. The number of benzene rings is 1. The Kier molecular flexibility index (Phi) is 4.92. The molecule has 0 bridgehead atoms. The van der Waals surface area contributed by atoms with E-state index in [1.807, 2.05) is 32.0 Å². The average Bonchev–Trinajstić information content (AvgIpc) is 2.30. The van der Waals surface area contributed by atoms with E-state index in [1.165, 1.54) is 5.19 Å². The van der Waals surface area contributed by atoms with Crippen LogP contribution in [0.15, 0.2) is 30.3 Å². The van der Waals surface area contributed by atoms with Crippen LogP contribution in [0.5, 0.6) is 0 Å². The molecule has 2 atom stereocenters. The molecule has 1 rings (SSSR count). The fourth-order valence-electron chi connectivity index (χ4n) is 2.31. The lowest BCUT2D eigenvalue weighted by molar-refractivity contribution is 0.0909. The Balaban J connectivity index is 3.02. The summed E-state index contributed by atoms with van der Waals surface area (Å²) in [6, 6.07) is 10.3. The third-order valence-corrected chi connectivity index (χ3v) is 7.94. The molecule has 0 aliphatic carbocycles. The molecule has 2 nitrogen and oxygen atoms in total. The van der Waals surface area contributed by atoms with Gasteiger partial charge in [-0.2, -0.15) is 0 Å². The van der Waals surface area contributed by atoms with Gasteiger partial charge >= 0.3 is 0 Å². The van der Waals surface area contributed by atoms with Crippen LogP contribution in [-0.4, -0.2) is 31.0 Å². The van der Waals surface area contributed by atoms with Crippen molar-refractivity contribution in [2.45, 2.75) is 38.6 Å². The van der Waals surface area contributed by atoms with Crippen molar-refractivity contribution in [1.29, 1.82) is 0 Å². The molecule has 0 spiro atoms. The molecule has 96 valence electrons. The van der Waals surface area contributed by atoms with Crippen molar-refractivity contribution in [2.75, 3.05) is 6.61 Å². The summed E-state index contributed by atoms with van der Waals surface area (Å²) in [5, 5.41) is 21.2. The maximum Gasteiger partial charge on any atom is 0.0888 e. The highest BCUT2D eigenvalue weighted by Crippen LogP contribution is 2.28. The number of aliphatic hydroxyl groups is 2. The summed E-state index contributed by atoms with van der Waals surface area (Å²) in [6.45, 7) is 8.50. The molecule has 1 aromatic carbocycles. The lowest BCUT2D eigenvalue weighted by Gasteiger charge is -2.36. The van der Waals surface area contributed by atoms with Gasteiger partial charge in [0.15, 0.2) is 0 Å². The van der Waals surface area contributed by atoms with Gasteiger partial charge < -0.3 is 10.2 Å². The van der Waals surface area contributed by atoms with E-state index >= 15 is 0 Å². The topological polar surface area (TPSA) is 40.5 Å². The third kappa shape index (κ3) is 3.18. The number of rotatable bonds is 5. The Bertz CT molecular complexity index is 335. The van der Waals surface area contributed by atoms with Gasteiger partial charge in [0.1, 0.15) is 0 Å². The van der Waals surface area contributed by atoms with Gasteiger partial charge in [-0.1, -0.05) is 62.5 Å². The van der Waals surface area contributed by atoms with Crippen molar-refractivity contribution < 1.29 is 10.2 Å². The SMILES string of the molecule is CC(C)[C@@H](O)[C@H](CO)[Si](C)(C)c1ccccc1. The highest BCUT2D eigenvalue weighted by atomic mass is 28.3. The van der Waals surface area contributed by atoms with Gasteiger partial charge in [0.25, 0.3) is 0 Å². The van der Waals surface area contributed by atoms with Crippen LogP contribution in [0.2, 0.25) is 18.6 Å². The fourth-order valence-corrected chi connectivity index (χ4v) is 5.48. The zero-order valence-corrected chi connectivity index (χ0v) is 12.2. The number of hydrogen-bond donors (Lipinski definition) is 2. The highest BCUT2D eigenvalue weighted by Gasteiger charge is 2.38. The Hall–Kier alpha value is -0.643. The molecule has 0 saturated heterocycles. The molecule has 17 heavy (non-hydrogen) atoms. The van der Waals surface area contributed by atoms with Crippen LogP contribution in [0.25, 0.3) is 0 Å². The van der Waals surface area contributed by atoms with Gasteiger partial charge in [-0.25, -0.2) is 0 Å². The van der Waals surface area contributed by atoms with E-state index in [2.05, 4.69) is 25.2 Å². The summed E-state index contributed by atoms with van der Waals surface area (Å²) in [7, 11) is -1.83. The zero-order chi connectivity index (χ0) is 13.1. The predicted molar refractivity (Wildman–Crippen MR) is 75.2 cm³/mol. The minimum absolute atomic E-state index is 0.00935. The van der Waals surface area contributed by atoms with Gasteiger partial charge in [-0.15, -0.1) is 0 Å². The van der Waals surface area contributed by atoms with Crippen LogP contribution in [0.4, 0.5) is 0 Å². The summed E-state index contributed by atoms with van der Waals surface area (Å²) < 4.78 is 0. The Morgan fingerprint density at radius 3 is 2.06 bits per heavy atom. The first kappa shape index (κ1) is 14.4. The third-order valence-electron chi connectivity index (χ3n) is 3.74. The minimum Gasteiger partial charge on any atom is -0.396 e. The van der Waals surface area contributed by atoms with Crippen molar-refractivity contribution in [3.8, 4) is 0 Å². The zero-order valence-electron chi connectivity index (χ0n) is 11.2. The quantitative estimate of drug-likeness (QED) is 0.787. The predicted octanol–water partition coefficient (Wildman–Crippen LogP) is 1.98. The summed E-state index contributed by atoms with van der Waals surface area (Å²) >= 11 is 0. The molecular formula is C14H24O2Si. The van der Waals surface area contributed by atoms with Crippen molar-refractivity contribution in [3.63, 3.8) is 0 Å². The summed E-state index contributed by atoms with van der Waals surface area (Å²) in [4.78, 5) is 0. The van der Waals surface area contributed by atoms with E-state index in [9.17, 15) is 10.2 Å². The minimum atomic E-state index is -1.83. The second kappa shape index (κ2) is 5.80. The smallest absolute Gasteiger partial charge is 0.0888 e. The normalized spacial score (nSPS) is 15.9. The largest absolute Gasteiger partial charge is 0.396 e. The van der Waals surface area contributed by atoms with Crippen LogP contribution in [0.3, 0.4) is 0 Å². The van der Waals surface area contributed by atoms with Crippen molar-refractivity contribution in [1.82, 2.24) is 0 Å². The van der Waals surface area contributed by atoms with Gasteiger partial charge in [-0.3, -0.25) is 0 Å². The average molecular weight is 252 g/mol. The molecule has 0 aliphatic heterocycles. The molecule has 2 N–H and O–H groups in total. The summed E-state index contributed by atoms with van der Waals surface area (Å²) in [5.74, 6) is 0.183. The van der Waals surface area contributed by atoms with Crippen LogP contribution < -0.4 is 5.19 Å². The first-order valence-corrected chi connectivity index (χ1v) is 9.33. The van der Waals surface area contributed by atoms with Gasteiger partial charge in [0.2, 0.25) is 0 Å². The molecule has 3 heteroatoms. The highest BCUT2D eigenvalue weighted by molar-refractivity contribution is 6.91. The maximum atomic E-state index is 10.3. The van der Waals surface area contributed by atoms with E-state index in [-0.39, 0.29) is 18.1 Å². The van der Waals surface area contributed by atoms with Crippen molar-refractivity contribution in [3.05, 3.63) is 30.3 Å². The first-order valence-electron chi connectivity index (χ1n) is 6.25. The van der Waals surface area contributed by atoms with Gasteiger partial charge in [0.05, 0.1) is 14.2 Å². The second-order valence-corrected chi connectivity index (χ2v) is 10.4. The second-order valence-electron chi connectivity index (χ2n) is 5.61. The van der Waals surface area contributed by atoms with Gasteiger partial charge in [0, 0.05) is 12.1 Å². The molecule has 0 unspecified atom stereocenters. The number of aliphatic hydroxyl groups excluding tert-OH is 2. The number of hydrogen-bond acceptors (Lipinski definition) is 2.